The molecule has 0 radical (unpaired) electrons. The van der Waals surface area contributed by atoms with Gasteiger partial charge >= 0.3 is 5.97 Å². The van der Waals surface area contributed by atoms with Crippen molar-refractivity contribution in [2.24, 2.45) is 0 Å². The van der Waals surface area contributed by atoms with Crippen molar-refractivity contribution in [1.82, 2.24) is 0 Å². The number of ether oxygens (including phenoxy) is 4. The molecule has 0 N–H and O–H groups in total. The van der Waals surface area contributed by atoms with Gasteiger partial charge in [0.25, 0.3) is 0 Å². The molecule has 172 valence electrons. The molecule has 0 aromatic heterocycles. The van der Waals surface area contributed by atoms with Crippen LogP contribution in [0, 0.1) is 0 Å². The second-order valence-corrected chi connectivity index (χ2v) is 7.61. The molecule has 0 saturated carbocycles. The number of hydrogen-bond acceptors (Lipinski definition) is 5. The standard InChI is InChI=1S/C29H26O5/c1-31-29(30)28-26(33-20-23-13-7-3-8-14-23)17-25(32-19-22-11-5-2-6-12-22)18-27(28)34-21-24-15-9-4-10-16-24/h2-18H,19-21H2,1H3. The van der Waals surface area contributed by atoms with Crippen molar-refractivity contribution in [3.8, 4) is 17.2 Å². The quantitative estimate of drug-likeness (QED) is 0.267. The number of hydrogen-bond donors (Lipinski definition) is 0. The zero-order valence-electron chi connectivity index (χ0n) is 19.0. The highest BCUT2D eigenvalue weighted by Crippen LogP contribution is 2.36. The first kappa shape index (κ1) is 22.9. The van der Waals surface area contributed by atoms with E-state index in [4.69, 9.17) is 18.9 Å². The van der Waals surface area contributed by atoms with Gasteiger partial charge in [-0.15, -0.1) is 0 Å². The third-order valence-corrected chi connectivity index (χ3v) is 5.15. The average molecular weight is 455 g/mol. The first-order chi connectivity index (χ1) is 16.7. The summed E-state index contributed by atoms with van der Waals surface area (Å²) in [6.07, 6.45) is 0. The Labute approximate surface area is 199 Å². The Kier molecular flexibility index (Phi) is 7.80. The molecule has 0 heterocycles. The van der Waals surface area contributed by atoms with E-state index in [0.717, 1.165) is 16.7 Å². The molecule has 0 amide bonds. The average Bonchev–Trinajstić information content (AvgIpc) is 2.90. The SMILES string of the molecule is COC(=O)c1c(OCc2ccccc2)cc(OCc2ccccc2)cc1OCc1ccccc1. The second kappa shape index (κ2) is 11.6. The summed E-state index contributed by atoms with van der Waals surface area (Å²) in [6.45, 7) is 0.935. The van der Waals surface area contributed by atoms with E-state index in [9.17, 15) is 4.79 Å². The lowest BCUT2D eigenvalue weighted by molar-refractivity contribution is 0.0589. The molecule has 5 nitrogen and oxygen atoms in total. The molecule has 5 heteroatoms. The molecule has 0 aliphatic rings. The number of methoxy groups -OCH3 is 1. The van der Waals surface area contributed by atoms with Gasteiger partial charge in [0.1, 0.15) is 42.6 Å². The third-order valence-electron chi connectivity index (χ3n) is 5.15. The van der Waals surface area contributed by atoms with Crippen molar-refractivity contribution < 1.29 is 23.7 Å². The molecule has 0 bridgehead atoms. The largest absolute Gasteiger partial charge is 0.489 e. The van der Waals surface area contributed by atoms with E-state index in [1.807, 2.05) is 91.0 Å². The monoisotopic (exact) mass is 454 g/mol. The fourth-order valence-electron chi connectivity index (χ4n) is 3.39. The van der Waals surface area contributed by atoms with Crippen LogP contribution in [0.15, 0.2) is 103 Å². The van der Waals surface area contributed by atoms with Gasteiger partial charge in [-0.05, 0) is 16.7 Å². The van der Waals surface area contributed by atoms with Crippen molar-refractivity contribution in [1.29, 1.82) is 0 Å². The van der Waals surface area contributed by atoms with Crippen LogP contribution in [0.3, 0.4) is 0 Å². The zero-order valence-corrected chi connectivity index (χ0v) is 19.0. The third kappa shape index (κ3) is 6.17. The van der Waals surface area contributed by atoms with E-state index in [1.54, 1.807) is 12.1 Å². The Morgan fingerprint density at radius 3 is 1.35 bits per heavy atom. The van der Waals surface area contributed by atoms with Crippen molar-refractivity contribution >= 4 is 5.97 Å². The maximum absolute atomic E-state index is 12.7. The molecule has 4 rings (SSSR count). The summed E-state index contributed by atoms with van der Waals surface area (Å²) < 4.78 is 23.2. The Bertz CT molecular complexity index is 1130. The van der Waals surface area contributed by atoms with Crippen LogP contribution in [0.25, 0.3) is 0 Å². The van der Waals surface area contributed by atoms with Crippen molar-refractivity contribution in [3.63, 3.8) is 0 Å². The molecule has 0 saturated heterocycles. The van der Waals surface area contributed by atoms with Gasteiger partial charge in [0.2, 0.25) is 0 Å². The maximum atomic E-state index is 12.7. The van der Waals surface area contributed by atoms with Crippen LogP contribution in [0.1, 0.15) is 27.0 Å². The van der Waals surface area contributed by atoms with Crippen LogP contribution in [-0.2, 0) is 24.6 Å². The smallest absolute Gasteiger partial charge is 0.345 e. The van der Waals surface area contributed by atoms with E-state index < -0.39 is 5.97 Å². The Morgan fingerprint density at radius 1 is 0.588 bits per heavy atom. The molecule has 4 aromatic carbocycles. The predicted molar refractivity (Wildman–Crippen MR) is 130 cm³/mol. The van der Waals surface area contributed by atoms with Gasteiger partial charge in [-0.1, -0.05) is 91.0 Å². The van der Waals surface area contributed by atoms with Gasteiger partial charge in [0.05, 0.1) is 7.11 Å². The van der Waals surface area contributed by atoms with Crippen LogP contribution in [-0.4, -0.2) is 13.1 Å². The van der Waals surface area contributed by atoms with E-state index in [2.05, 4.69) is 0 Å². The number of rotatable bonds is 10. The van der Waals surface area contributed by atoms with Crippen LogP contribution in [0.2, 0.25) is 0 Å². The summed E-state index contributed by atoms with van der Waals surface area (Å²) in [5, 5.41) is 0. The van der Waals surface area contributed by atoms with Crippen LogP contribution in [0.4, 0.5) is 0 Å². The molecule has 0 fully saturated rings. The summed E-state index contributed by atoms with van der Waals surface area (Å²) in [6, 6.07) is 32.7. The van der Waals surface area contributed by atoms with Gasteiger partial charge in [-0.2, -0.15) is 0 Å². The number of benzene rings is 4. The normalized spacial score (nSPS) is 10.4. The molecular formula is C29H26O5. The first-order valence-electron chi connectivity index (χ1n) is 11.0. The summed E-state index contributed by atoms with van der Waals surface area (Å²) in [7, 11) is 1.34. The number of esters is 1. The summed E-state index contributed by atoms with van der Waals surface area (Å²) in [4.78, 5) is 12.7. The molecular weight excluding hydrogens is 428 g/mol. The highest BCUT2D eigenvalue weighted by molar-refractivity contribution is 5.96. The minimum absolute atomic E-state index is 0.224. The molecule has 0 atom stereocenters. The van der Waals surface area contributed by atoms with Gasteiger partial charge in [0, 0.05) is 12.1 Å². The van der Waals surface area contributed by atoms with Crippen molar-refractivity contribution in [3.05, 3.63) is 125 Å². The van der Waals surface area contributed by atoms with E-state index >= 15 is 0 Å². The van der Waals surface area contributed by atoms with Gasteiger partial charge in [-0.3, -0.25) is 0 Å². The lowest BCUT2D eigenvalue weighted by Gasteiger charge is -2.18. The summed E-state index contributed by atoms with van der Waals surface area (Å²) >= 11 is 0. The molecule has 0 aliphatic heterocycles. The lowest BCUT2D eigenvalue weighted by Crippen LogP contribution is -2.10. The summed E-state index contributed by atoms with van der Waals surface area (Å²) in [5.41, 5.74) is 3.20. The summed E-state index contributed by atoms with van der Waals surface area (Å²) in [5.74, 6) is 0.664. The Hall–Kier alpha value is -4.25. The number of carbonyl (C=O) groups excluding carboxylic acids is 1. The minimum Gasteiger partial charge on any atom is -0.489 e. The zero-order chi connectivity index (χ0) is 23.6. The Morgan fingerprint density at radius 2 is 0.971 bits per heavy atom. The van der Waals surface area contributed by atoms with E-state index in [-0.39, 0.29) is 18.8 Å². The van der Waals surface area contributed by atoms with Crippen molar-refractivity contribution in [2.45, 2.75) is 19.8 Å². The molecule has 0 unspecified atom stereocenters. The first-order valence-corrected chi connectivity index (χ1v) is 11.0. The Balaban J connectivity index is 1.65. The fraction of sp³-hybridized carbons (Fsp3) is 0.138. The minimum atomic E-state index is -0.541. The topological polar surface area (TPSA) is 54.0 Å². The molecule has 0 aliphatic carbocycles. The maximum Gasteiger partial charge on any atom is 0.345 e. The van der Waals surface area contributed by atoms with Gasteiger partial charge < -0.3 is 18.9 Å². The van der Waals surface area contributed by atoms with Gasteiger partial charge in [-0.25, -0.2) is 4.79 Å². The second-order valence-electron chi connectivity index (χ2n) is 7.61. The van der Waals surface area contributed by atoms with E-state index in [0.29, 0.717) is 23.9 Å². The highest BCUT2D eigenvalue weighted by atomic mass is 16.5. The van der Waals surface area contributed by atoms with Gasteiger partial charge in [0.15, 0.2) is 0 Å². The molecule has 34 heavy (non-hydrogen) atoms. The fourth-order valence-corrected chi connectivity index (χ4v) is 3.39. The lowest BCUT2D eigenvalue weighted by atomic mass is 10.1. The van der Waals surface area contributed by atoms with Crippen LogP contribution >= 0.6 is 0 Å². The highest BCUT2D eigenvalue weighted by Gasteiger charge is 2.22. The van der Waals surface area contributed by atoms with Crippen LogP contribution < -0.4 is 14.2 Å². The van der Waals surface area contributed by atoms with E-state index in [1.165, 1.54) is 7.11 Å². The van der Waals surface area contributed by atoms with Crippen LogP contribution in [0.5, 0.6) is 17.2 Å². The van der Waals surface area contributed by atoms with Crippen molar-refractivity contribution in [2.75, 3.05) is 7.11 Å². The molecule has 0 spiro atoms. The number of carbonyl (C=O) groups is 1. The predicted octanol–water partition coefficient (Wildman–Crippen LogP) is 6.21. The molecule has 4 aromatic rings.